The van der Waals surface area contributed by atoms with E-state index in [0.717, 1.165) is 77.5 Å². The molecule has 1 atom stereocenters. The summed E-state index contributed by atoms with van der Waals surface area (Å²) < 4.78 is 6.52. The molecule has 8 nitrogen and oxygen atoms in total. The van der Waals surface area contributed by atoms with E-state index < -0.39 is 11.7 Å². The van der Waals surface area contributed by atoms with E-state index in [1.807, 2.05) is 0 Å². The van der Waals surface area contributed by atoms with Crippen molar-refractivity contribution in [2.45, 2.75) is 94.9 Å². The summed E-state index contributed by atoms with van der Waals surface area (Å²) in [5.74, 6) is -0.468. The molecular weight excluding hydrogens is 479 g/mol. The Labute approximate surface area is 217 Å². The van der Waals surface area contributed by atoms with Gasteiger partial charge in [-0.15, -0.1) is 29.9 Å². The minimum Gasteiger partial charge on any atom is -0.364 e. The van der Waals surface area contributed by atoms with Crippen LogP contribution in [0, 0.1) is 5.92 Å². The zero-order valence-electron chi connectivity index (χ0n) is 20.4. The summed E-state index contributed by atoms with van der Waals surface area (Å²) in [5.41, 5.74) is -1.36. The Balaban J connectivity index is 0.00000204. The molecule has 1 amide bonds. The molecule has 0 aromatic heterocycles. The second-order valence-electron chi connectivity index (χ2n) is 10.0. The highest BCUT2D eigenvalue weighted by Gasteiger charge is 2.51. The number of hydroxylamine groups is 2. The van der Waals surface area contributed by atoms with Crippen molar-refractivity contribution in [1.82, 2.24) is 20.6 Å². The number of piperazine rings is 1. The minimum absolute atomic E-state index is 0. The van der Waals surface area contributed by atoms with Gasteiger partial charge in [-0.05, 0) is 51.6 Å². The van der Waals surface area contributed by atoms with Crippen molar-refractivity contribution < 1.29 is 19.2 Å². The number of nitrogens with zero attached hydrogens (tertiary/aromatic N) is 2. The molecule has 10 heteroatoms. The number of carbonyl (C=O) groups is 2. The first-order chi connectivity index (χ1) is 15.7. The summed E-state index contributed by atoms with van der Waals surface area (Å²) >= 11 is 0. The van der Waals surface area contributed by atoms with Gasteiger partial charge in [0.2, 0.25) is 12.1 Å². The van der Waals surface area contributed by atoms with Gasteiger partial charge in [0.25, 0.3) is 0 Å². The third-order valence-corrected chi connectivity index (χ3v) is 7.97. The van der Waals surface area contributed by atoms with Crippen LogP contribution in [0.4, 0.5) is 0 Å². The molecule has 1 unspecified atom stereocenters. The molecule has 0 radical (unpaired) electrons. The normalized spacial score (nSPS) is 25.9. The highest BCUT2D eigenvalue weighted by atomic mass is 35.5. The number of hydrogen-bond acceptors (Lipinski definition) is 7. The number of ether oxygens (including phenoxy) is 1. The third kappa shape index (κ3) is 7.43. The number of amides is 1. The Morgan fingerprint density at radius 3 is 2.03 bits per heavy atom. The van der Waals surface area contributed by atoms with E-state index in [9.17, 15) is 9.59 Å². The molecule has 2 saturated heterocycles. The molecule has 198 valence electrons. The lowest BCUT2D eigenvalue weighted by molar-refractivity contribution is -0.242. The number of piperidine rings is 1. The Hall–Kier alpha value is -0.640. The van der Waals surface area contributed by atoms with E-state index in [1.54, 1.807) is 5.06 Å². The molecule has 2 aliphatic carbocycles. The number of hydrogen-bond donors (Lipinski definition) is 2. The molecule has 0 aromatic carbocycles. The highest BCUT2D eigenvalue weighted by molar-refractivity contribution is 5.85. The summed E-state index contributed by atoms with van der Waals surface area (Å²) in [6, 6.07) is 0.627. The Kier molecular flexibility index (Phi) is 12.9. The van der Waals surface area contributed by atoms with E-state index >= 15 is 0 Å². The van der Waals surface area contributed by atoms with Crippen LogP contribution in [0.15, 0.2) is 0 Å². The molecule has 0 spiro atoms. The smallest absolute Gasteiger partial charge is 0.364 e. The fourth-order valence-electron chi connectivity index (χ4n) is 6.08. The first-order valence-corrected chi connectivity index (χ1v) is 13.0. The second-order valence-corrected chi connectivity index (χ2v) is 10.0. The number of nitrogens with one attached hydrogen (secondary N) is 2. The Bertz CT molecular complexity index is 606. The van der Waals surface area contributed by atoms with Crippen molar-refractivity contribution in [2.24, 2.45) is 5.92 Å². The van der Waals surface area contributed by atoms with Crippen LogP contribution in [0.25, 0.3) is 0 Å². The average Bonchev–Trinajstić information content (AvgIpc) is 2.86. The summed E-state index contributed by atoms with van der Waals surface area (Å²) in [5, 5.41) is 8.05. The first-order valence-electron chi connectivity index (χ1n) is 13.0. The van der Waals surface area contributed by atoms with Gasteiger partial charge in [0, 0.05) is 38.1 Å². The molecule has 4 rings (SSSR count). The van der Waals surface area contributed by atoms with E-state index in [4.69, 9.17) is 9.57 Å². The van der Waals surface area contributed by atoms with E-state index in [0.29, 0.717) is 25.5 Å². The first kappa shape index (κ1) is 29.6. The Morgan fingerprint density at radius 2 is 1.44 bits per heavy atom. The van der Waals surface area contributed by atoms with Crippen LogP contribution in [0.3, 0.4) is 0 Å². The van der Waals surface area contributed by atoms with Crippen LogP contribution >= 0.6 is 24.8 Å². The Morgan fingerprint density at radius 1 is 0.853 bits per heavy atom. The summed E-state index contributed by atoms with van der Waals surface area (Å²) in [6.45, 7) is 5.36. The van der Waals surface area contributed by atoms with Crippen LogP contribution in [0.5, 0.6) is 0 Å². The van der Waals surface area contributed by atoms with Gasteiger partial charge >= 0.3 is 5.97 Å². The standard InChI is InChI=1S/C24H42N4O4.2ClH/c29-19-26-24(20-7-3-1-4-8-20,31-22-9-5-2-6-10-22)23(30)32-28-17-15-27(16-18-28)21-11-13-25-14-12-21;;/h19-22,25H,1-18H2,(H,26,29);2*1H. The molecule has 2 heterocycles. The van der Waals surface area contributed by atoms with Crippen LogP contribution in [-0.2, 0) is 19.2 Å². The topological polar surface area (TPSA) is 83.1 Å². The SMILES string of the molecule is Cl.Cl.O=CNC(OC1CCCCC1)(C(=O)ON1CCN(C2CCNCC2)CC1)C1CCCCC1. The van der Waals surface area contributed by atoms with Crippen molar-refractivity contribution in [3.8, 4) is 0 Å². The van der Waals surface area contributed by atoms with Crippen LogP contribution in [-0.4, -0.2) is 79.5 Å². The lowest BCUT2D eigenvalue weighted by Gasteiger charge is -2.44. The summed E-state index contributed by atoms with van der Waals surface area (Å²) in [7, 11) is 0. The maximum atomic E-state index is 13.6. The maximum absolute atomic E-state index is 13.6. The van der Waals surface area contributed by atoms with Crippen molar-refractivity contribution in [3.63, 3.8) is 0 Å². The van der Waals surface area contributed by atoms with Gasteiger partial charge in [0.05, 0.1) is 6.10 Å². The van der Waals surface area contributed by atoms with Gasteiger partial charge in [0.15, 0.2) is 0 Å². The predicted octanol–water partition coefficient (Wildman–Crippen LogP) is 3.03. The van der Waals surface area contributed by atoms with E-state index in [2.05, 4.69) is 15.5 Å². The van der Waals surface area contributed by atoms with Gasteiger partial charge in [-0.1, -0.05) is 38.5 Å². The molecule has 0 bridgehead atoms. The van der Waals surface area contributed by atoms with Crippen LogP contribution in [0.2, 0.25) is 0 Å². The fourth-order valence-corrected chi connectivity index (χ4v) is 6.08. The summed E-state index contributed by atoms with van der Waals surface area (Å²) in [6.07, 6.45) is 13.4. The molecule has 2 aliphatic heterocycles. The van der Waals surface area contributed by atoms with Crippen molar-refractivity contribution in [1.29, 1.82) is 0 Å². The van der Waals surface area contributed by atoms with Crippen LogP contribution in [0.1, 0.15) is 77.0 Å². The third-order valence-electron chi connectivity index (χ3n) is 7.97. The zero-order chi connectivity index (χ0) is 22.2. The average molecular weight is 524 g/mol. The monoisotopic (exact) mass is 522 g/mol. The summed E-state index contributed by atoms with van der Waals surface area (Å²) in [4.78, 5) is 33.8. The van der Waals surface area contributed by atoms with E-state index in [-0.39, 0.29) is 36.8 Å². The minimum atomic E-state index is -1.36. The molecule has 4 fully saturated rings. The molecule has 34 heavy (non-hydrogen) atoms. The predicted molar refractivity (Wildman–Crippen MR) is 136 cm³/mol. The van der Waals surface area contributed by atoms with Gasteiger partial charge in [-0.2, -0.15) is 0 Å². The van der Waals surface area contributed by atoms with Crippen molar-refractivity contribution in [3.05, 3.63) is 0 Å². The molecule has 0 aromatic rings. The van der Waals surface area contributed by atoms with E-state index in [1.165, 1.54) is 25.7 Å². The highest BCUT2D eigenvalue weighted by Crippen LogP contribution is 2.37. The zero-order valence-corrected chi connectivity index (χ0v) is 22.0. The second kappa shape index (κ2) is 14.8. The van der Waals surface area contributed by atoms with Crippen LogP contribution < -0.4 is 10.6 Å². The van der Waals surface area contributed by atoms with Crippen molar-refractivity contribution in [2.75, 3.05) is 39.3 Å². The van der Waals surface area contributed by atoms with Gasteiger partial charge in [-0.25, -0.2) is 4.79 Å². The largest absolute Gasteiger partial charge is 0.378 e. The van der Waals surface area contributed by atoms with Crippen molar-refractivity contribution >= 4 is 37.2 Å². The van der Waals surface area contributed by atoms with Gasteiger partial charge < -0.3 is 20.2 Å². The van der Waals surface area contributed by atoms with Gasteiger partial charge in [0.1, 0.15) is 0 Å². The number of rotatable bonds is 8. The lowest BCUT2D eigenvalue weighted by atomic mass is 9.81. The molecule has 4 aliphatic rings. The fraction of sp³-hybridized carbons (Fsp3) is 0.917. The molecular formula is C24H44Cl2N4O4. The quantitative estimate of drug-likeness (QED) is 0.374. The number of carbonyl (C=O) groups excluding carboxylic acids is 2. The molecule has 2 saturated carbocycles. The number of halogens is 2. The maximum Gasteiger partial charge on any atom is 0.378 e. The van der Waals surface area contributed by atoms with Gasteiger partial charge in [-0.3, -0.25) is 9.69 Å². The molecule has 2 N–H and O–H groups in total. The lowest BCUT2D eigenvalue weighted by Crippen LogP contribution is -2.63.